The van der Waals surface area contributed by atoms with Gasteiger partial charge in [0.05, 0.1) is 5.01 Å². The van der Waals surface area contributed by atoms with E-state index in [0.29, 0.717) is 0 Å². The molecule has 0 saturated heterocycles. The minimum atomic E-state index is 0.918. The molecule has 0 unspecified atom stereocenters. The highest BCUT2D eigenvalue weighted by molar-refractivity contribution is 7.11. The highest BCUT2D eigenvalue weighted by Gasteiger charge is 2.06. The zero-order chi connectivity index (χ0) is 15.2. The first-order valence-corrected chi connectivity index (χ1v) is 8.79. The number of hydrogen-bond acceptors (Lipinski definition) is 3. The highest BCUT2D eigenvalue weighted by atomic mass is 32.1. The molecule has 114 valence electrons. The summed E-state index contributed by atoms with van der Waals surface area (Å²) in [4.78, 5) is 5.92. The molecule has 0 amide bonds. The van der Waals surface area contributed by atoms with Gasteiger partial charge in [0, 0.05) is 24.0 Å². The van der Waals surface area contributed by atoms with Gasteiger partial charge in [0.2, 0.25) is 0 Å². The van der Waals surface area contributed by atoms with Gasteiger partial charge in [-0.1, -0.05) is 55.8 Å². The Morgan fingerprint density at radius 2 is 1.95 bits per heavy atom. The van der Waals surface area contributed by atoms with Crippen LogP contribution < -0.4 is 5.32 Å². The van der Waals surface area contributed by atoms with Gasteiger partial charge in [0.1, 0.15) is 0 Å². The van der Waals surface area contributed by atoms with Gasteiger partial charge in [0.25, 0.3) is 0 Å². The van der Waals surface area contributed by atoms with Crippen LogP contribution in [0.3, 0.4) is 0 Å². The van der Waals surface area contributed by atoms with Gasteiger partial charge in [-0.05, 0) is 29.3 Å². The van der Waals surface area contributed by atoms with Gasteiger partial charge in [0.15, 0.2) is 0 Å². The van der Waals surface area contributed by atoms with Crippen LogP contribution in [0.25, 0.3) is 10.8 Å². The first-order valence-electron chi connectivity index (χ1n) is 7.97. The maximum atomic E-state index is 4.60. The molecule has 0 bridgehead atoms. The van der Waals surface area contributed by atoms with Crippen molar-refractivity contribution in [3.05, 3.63) is 64.1 Å². The van der Waals surface area contributed by atoms with Gasteiger partial charge in [-0.3, -0.25) is 0 Å². The van der Waals surface area contributed by atoms with E-state index in [1.807, 2.05) is 17.5 Å². The summed E-state index contributed by atoms with van der Waals surface area (Å²) in [5.74, 6) is 0. The summed E-state index contributed by atoms with van der Waals surface area (Å²) in [6, 6.07) is 15.1. The number of nitrogens with one attached hydrogen (secondary N) is 1. The van der Waals surface area contributed by atoms with Crippen LogP contribution in [0, 0.1) is 0 Å². The van der Waals surface area contributed by atoms with Gasteiger partial charge >= 0.3 is 0 Å². The Morgan fingerprint density at radius 3 is 2.86 bits per heavy atom. The summed E-state index contributed by atoms with van der Waals surface area (Å²) < 4.78 is 0. The van der Waals surface area contributed by atoms with Crippen molar-refractivity contribution < 1.29 is 0 Å². The van der Waals surface area contributed by atoms with Crippen molar-refractivity contribution in [1.29, 1.82) is 0 Å². The molecule has 3 aromatic rings. The molecule has 2 nitrogen and oxygen atoms in total. The van der Waals surface area contributed by atoms with Crippen LogP contribution in [0.1, 0.15) is 35.2 Å². The molecule has 0 spiro atoms. The van der Waals surface area contributed by atoms with Crippen molar-refractivity contribution in [2.45, 2.75) is 32.7 Å². The fourth-order valence-electron chi connectivity index (χ4n) is 2.63. The van der Waals surface area contributed by atoms with E-state index in [2.05, 4.69) is 59.7 Å². The largest absolute Gasteiger partial charge is 0.312 e. The van der Waals surface area contributed by atoms with E-state index in [1.54, 1.807) is 0 Å². The van der Waals surface area contributed by atoms with Crippen LogP contribution in [-0.2, 0) is 13.0 Å². The van der Waals surface area contributed by atoms with Crippen molar-refractivity contribution in [3.8, 4) is 0 Å². The Morgan fingerprint density at radius 1 is 1.09 bits per heavy atom. The Kier molecular flexibility index (Phi) is 5.20. The second-order valence-electron chi connectivity index (χ2n) is 5.57. The lowest BCUT2D eigenvalue weighted by atomic mass is 10.0. The second kappa shape index (κ2) is 7.52. The van der Waals surface area contributed by atoms with E-state index in [1.165, 1.54) is 39.1 Å². The van der Waals surface area contributed by atoms with Crippen molar-refractivity contribution in [1.82, 2.24) is 10.3 Å². The van der Waals surface area contributed by atoms with Crippen molar-refractivity contribution in [2.75, 3.05) is 6.54 Å². The number of fused-ring (bicyclic) bond motifs is 1. The van der Waals surface area contributed by atoms with E-state index in [-0.39, 0.29) is 0 Å². The number of nitrogens with zero attached hydrogens (tertiary/aromatic N) is 1. The Balaban J connectivity index is 1.69. The first-order chi connectivity index (χ1) is 10.9. The molecule has 2 aromatic carbocycles. The molecule has 0 fully saturated rings. The quantitative estimate of drug-likeness (QED) is 0.635. The first kappa shape index (κ1) is 15.2. The van der Waals surface area contributed by atoms with Crippen molar-refractivity contribution in [3.63, 3.8) is 0 Å². The normalized spacial score (nSPS) is 11.1. The SMILES string of the molecule is CCCCNCc1cnc(Cc2cccc3ccccc23)s1. The molecule has 22 heavy (non-hydrogen) atoms. The van der Waals surface area contributed by atoms with Gasteiger partial charge in [-0.25, -0.2) is 4.98 Å². The number of hydrogen-bond donors (Lipinski definition) is 1. The Bertz CT molecular complexity index is 728. The van der Waals surface area contributed by atoms with E-state index in [9.17, 15) is 0 Å². The predicted octanol–water partition coefficient (Wildman–Crippen LogP) is 4.78. The van der Waals surface area contributed by atoms with Crippen LogP contribution >= 0.6 is 11.3 Å². The van der Waals surface area contributed by atoms with Crippen LogP contribution in [0.2, 0.25) is 0 Å². The molecule has 0 radical (unpaired) electrons. The van der Waals surface area contributed by atoms with Gasteiger partial charge < -0.3 is 5.32 Å². The molecule has 0 aliphatic rings. The van der Waals surface area contributed by atoms with Crippen LogP contribution in [0.5, 0.6) is 0 Å². The summed E-state index contributed by atoms with van der Waals surface area (Å²) in [6.07, 6.45) is 5.41. The summed E-state index contributed by atoms with van der Waals surface area (Å²) in [7, 11) is 0. The average Bonchev–Trinajstić information content (AvgIpc) is 2.99. The molecule has 0 aliphatic carbocycles. The molecule has 3 heteroatoms. The Labute approximate surface area is 136 Å². The van der Waals surface area contributed by atoms with Gasteiger partial charge in [-0.2, -0.15) is 0 Å². The molecule has 3 rings (SSSR count). The van der Waals surface area contributed by atoms with E-state index in [4.69, 9.17) is 0 Å². The lowest BCUT2D eigenvalue weighted by Crippen LogP contribution is -2.13. The zero-order valence-electron chi connectivity index (χ0n) is 13.0. The zero-order valence-corrected chi connectivity index (χ0v) is 13.8. The summed E-state index contributed by atoms with van der Waals surface area (Å²) >= 11 is 1.82. The number of aromatic nitrogens is 1. The fraction of sp³-hybridized carbons (Fsp3) is 0.316. The summed E-state index contributed by atoms with van der Waals surface area (Å²) in [5, 5.41) is 7.32. The lowest BCUT2D eigenvalue weighted by Gasteiger charge is -2.04. The monoisotopic (exact) mass is 310 g/mol. The molecule has 1 aromatic heterocycles. The number of thiazole rings is 1. The third-order valence-corrected chi connectivity index (χ3v) is 4.83. The third kappa shape index (κ3) is 3.73. The molecule has 0 atom stereocenters. The van der Waals surface area contributed by atoms with E-state index in [0.717, 1.165) is 19.5 Å². The number of benzene rings is 2. The Hall–Kier alpha value is -1.71. The molecule has 1 heterocycles. The van der Waals surface area contributed by atoms with Crippen LogP contribution in [0.4, 0.5) is 0 Å². The van der Waals surface area contributed by atoms with Crippen LogP contribution in [0.15, 0.2) is 48.7 Å². The summed E-state index contributed by atoms with van der Waals surface area (Å²) in [5.41, 5.74) is 1.36. The standard InChI is InChI=1S/C19H22N2S/c1-2-3-11-20-13-17-14-21-19(22-17)12-16-9-6-8-15-7-4-5-10-18(15)16/h4-10,14,20H,2-3,11-13H2,1H3. The minimum Gasteiger partial charge on any atom is -0.312 e. The third-order valence-electron chi connectivity index (χ3n) is 3.83. The van der Waals surface area contributed by atoms with E-state index < -0.39 is 0 Å². The van der Waals surface area contributed by atoms with Crippen molar-refractivity contribution in [2.24, 2.45) is 0 Å². The van der Waals surface area contributed by atoms with Crippen LogP contribution in [-0.4, -0.2) is 11.5 Å². The predicted molar refractivity (Wildman–Crippen MR) is 95.5 cm³/mol. The smallest absolute Gasteiger partial charge is 0.0972 e. The maximum absolute atomic E-state index is 4.60. The fourth-order valence-corrected chi connectivity index (χ4v) is 3.55. The molecule has 0 saturated carbocycles. The number of rotatable bonds is 7. The average molecular weight is 310 g/mol. The summed E-state index contributed by atoms with van der Waals surface area (Å²) in [6.45, 7) is 4.25. The topological polar surface area (TPSA) is 24.9 Å². The molecule has 1 N–H and O–H groups in total. The second-order valence-corrected chi connectivity index (χ2v) is 6.77. The highest BCUT2D eigenvalue weighted by Crippen LogP contribution is 2.23. The lowest BCUT2D eigenvalue weighted by molar-refractivity contribution is 0.645. The molecule has 0 aliphatic heterocycles. The maximum Gasteiger partial charge on any atom is 0.0972 e. The minimum absolute atomic E-state index is 0.918. The molecular weight excluding hydrogens is 288 g/mol. The van der Waals surface area contributed by atoms with Crippen molar-refractivity contribution >= 4 is 22.1 Å². The number of unbranched alkanes of at least 4 members (excludes halogenated alkanes) is 1. The van der Waals surface area contributed by atoms with Gasteiger partial charge in [-0.15, -0.1) is 11.3 Å². The van der Waals surface area contributed by atoms with E-state index >= 15 is 0 Å². The molecular formula is C19H22N2S.